The van der Waals surface area contributed by atoms with E-state index < -0.39 is 0 Å². The number of aromatic nitrogens is 1. The lowest BCUT2D eigenvalue weighted by molar-refractivity contribution is 0.463. The molecule has 2 aromatic rings. The molecule has 21 heavy (non-hydrogen) atoms. The normalized spacial score (nSPS) is 16.3. The van der Waals surface area contributed by atoms with Gasteiger partial charge >= 0.3 is 0 Å². The maximum atomic E-state index is 6.08. The van der Waals surface area contributed by atoms with Crippen molar-refractivity contribution in [2.45, 2.75) is 32.1 Å². The van der Waals surface area contributed by atoms with Gasteiger partial charge in [-0.05, 0) is 56.5 Å². The molecule has 2 nitrogen and oxygen atoms in total. The summed E-state index contributed by atoms with van der Waals surface area (Å²) < 4.78 is 0. The van der Waals surface area contributed by atoms with Crippen LogP contribution in [0.25, 0.3) is 0 Å². The van der Waals surface area contributed by atoms with Crippen molar-refractivity contribution in [1.29, 1.82) is 0 Å². The van der Waals surface area contributed by atoms with Gasteiger partial charge in [0.05, 0.1) is 20.7 Å². The minimum absolute atomic E-state index is 0.603. The van der Waals surface area contributed by atoms with Crippen LogP contribution in [0, 0.1) is 6.92 Å². The molecule has 1 fully saturated rings. The predicted molar refractivity (Wildman–Crippen MR) is 91.0 cm³/mol. The van der Waals surface area contributed by atoms with Gasteiger partial charge in [-0.25, -0.2) is 4.98 Å². The van der Waals surface area contributed by atoms with Crippen molar-refractivity contribution in [2.24, 2.45) is 0 Å². The van der Waals surface area contributed by atoms with E-state index >= 15 is 0 Å². The van der Waals surface area contributed by atoms with Crippen LogP contribution in [0.15, 0.2) is 18.2 Å². The van der Waals surface area contributed by atoms with Crippen molar-refractivity contribution in [3.63, 3.8) is 0 Å². The monoisotopic (exact) mass is 340 g/mol. The Morgan fingerprint density at radius 1 is 1.24 bits per heavy atom. The summed E-state index contributed by atoms with van der Waals surface area (Å²) in [5.41, 5.74) is 2.36. The van der Waals surface area contributed by atoms with Crippen molar-refractivity contribution in [2.75, 3.05) is 13.1 Å². The Labute approximate surface area is 139 Å². The van der Waals surface area contributed by atoms with Crippen LogP contribution in [0.4, 0.5) is 0 Å². The molecule has 0 amide bonds. The van der Waals surface area contributed by atoms with Crippen molar-refractivity contribution in [1.82, 2.24) is 10.3 Å². The van der Waals surface area contributed by atoms with Gasteiger partial charge in [-0.15, -0.1) is 11.3 Å². The number of piperidine rings is 1. The first kappa shape index (κ1) is 15.3. The first-order valence-corrected chi connectivity index (χ1v) is 8.81. The van der Waals surface area contributed by atoms with Crippen LogP contribution in [-0.2, 0) is 6.42 Å². The Morgan fingerprint density at radius 2 is 2.00 bits per heavy atom. The fourth-order valence-electron chi connectivity index (χ4n) is 2.83. The van der Waals surface area contributed by atoms with Gasteiger partial charge < -0.3 is 5.32 Å². The van der Waals surface area contributed by atoms with E-state index in [1.165, 1.54) is 28.4 Å². The van der Waals surface area contributed by atoms with Crippen LogP contribution < -0.4 is 5.32 Å². The molecule has 1 aliphatic heterocycles. The maximum Gasteiger partial charge on any atom is 0.0974 e. The molecule has 0 aliphatic carbocycles. The van der Waals surface area contributed by atoms with E-state index in [4.69, 9.17) is 28.2 Å². The summed E-state index contributed by atoms with van der Waals surface area (Å²) in [6.07, 6.45) is 3.26. The summed E-state index contributed by atoms with van der Waals surface area (Å²) in [6.45, 7) is 4.36. The van der Waals surface area contributed by atoms with E-state index in [1.807, 2.05) is 29.5 Å². The highest BCUT2D eigenvalue weighted by atomic mass is 35.5. The Bertz CT molecular complexity index is 633. The minimum atomic E-state index is 0.603. The van der Waals surface area contributed by atoms with Crippen LogP contribution in [-0.4, -0.2) is 18.1 Å². The molecule has 0 saturated carbocycles. The molecule has 0 bridgehead atoms. The Morgan fingerprint density at radius 3 is 2.71 bits per heavy atom. The minimum Gasteiger partial charge on any atom is -0.317 e. The Kier molecular flexibility index (Phi) is 4.85. The third-order valence-electron chi connectivity index (χ3n) is 3.93. The molecule has 3 rings (SSSR count). The molecule has 1 aromatic heterocycles. The molecule has 1 saturated heterocycles. The molecule has 5 heteroatoms. The fraction of sp³-hybridized carbons (Fsp3) is 0.438. The summed E-state index contributed by atoms with van der Waals surface area (Å²) in [6, 6.07) is 5.81. The summed E-state index contributed by atoms with van der Waals surface area (Å²) in [5, 5.41) is 5.80. The number of nitrogens with zero attached hydrogens (tertiary/aromatic N) is 1. The van der Waals surface area contributed by atoms with Gasteiger partial charge in [-0.1, -0.05) is 29.3 Å². The van der Waals surface area contributed by atoms with E-state index in [2.05, 4.69) is 12.2 Å². The van der Waals surface area contributed by atoms with E-state index in [1.54, 1.807) is 0 Å². The fourth-order valence-corrected chi connectivity index (χ4v) is 4.42. The average molecular weight is 341 g/mol. The molecule has 0 unspecified atom stereocenters. The summed E-state index contributed by atoms with van der Waals surface area (Å²) in [5.74, 6) is 0.673. The van der Waals surface area contributed by atoms with Crippen molar-refractivity contribution >= 4 is 34.5 Å². The quantitative estimate of drug-likeness (QED) is 0.866. The van der Waals surface area contributed by atoms with E-state index in [0.29, 0.717) is 16.0 Å². The third-order valence-corrected chi connectivity index (χ3v) is 5.99. The van der Waals surface area contributed by atoms with E-state index in [9.17, 15) is 0 Å². The smallest absolute Gasteiger partial charge is 0.0974 e. The zero-order valence-corrected chi connectivity index (χ0v) is 14.3. The van der Waals surface area contributed by atoms with Crippen molar-refractivity contribution in [3.05, 3.63) is 49.4 Å². The van der Waals surface area contributed by atoms with Gasteiger partial charge in [0.2, 0.25) is 0 Å². The van der Waals surface area contributed by atoms with Crippen molar-refractivity contribution < 1.29 is 0 Å². The zero-order valence-electron chi connectivity index (χ0n) is 12.0. The number of rotatable bonds is 3. The lowest BCUT2D eigenvalue weighted by Gasteiger charge is -2.21. The van der Waals surface area contributed by atoms with Gasteiger partial charge in [-0.2, -0.15) is 0 Å². The summed E-state index contributed by atoms with van der Waals surface area (Å²) >= 11 is 13.9. The molecular formula is C16H18Cl2N2S. The number of halogens is 2. The number of hydrogen-bond donors (Lipinski definition) is 1. The Hall–Kier alpha value is -0.610. The third kappa shape index (κ3) is 3.59. The number of benzene rings is 1. The van der Waals surface area contributed by atoms with E-state index in [0.717, 1.165) is 25.1 Å². The average Bonchev–Trinajstić information content (AvgIpc) is 2.84. The molecule has 0 spiro atoms. The SMILES string of the molecule is Cc1nc(Cc2ccc(Cl)c(Cl)c2)sc1C1CCNCC1. The van der Waals surface area contributed by atoms with Crippen LogP contribution in [0.1, 0.15) is 39.9 Å². The van der Waals surface area contributed by atoms with Crippen molar-refractivity contribution in [3.8, 4) is 0 Å². The molecule has 1 N–H and O–H groups in total. The second-order valence-corrected chi connectivity index (χ2v) is 7.44. The van der Waals surface area contributed by atoms with Crippen LogP contribution in [0.5, 0.6) is 0 Å². The van der Waals surface area contributed by atoms with E-state index in [-0.39, 0.29) is 0 Å². The largest absolute Gasteiger partial charge is 0.317 e. The first-order chi connectivity index (χ1) is 10.1. The zero-order chi connectivity index (χ0) is 14.8. The molecule has 0 atom stereocenters. The lowest BCUT2D eigenvalue weighted by Crippen LogP contribution is -2.26. The number of nitrogens with one attached hydrogen (secondary N) is 1. The van der Waals surface area contributed by atoms with Crippen LogP contribution in [0.2, 0.25) is 10.0 Å². The second-order valence-electron chi connectivity index (χ2n) is 5.51. The number of hydrogen-bond acceptors (Lipinski definition) is 3. The van der Waals surface area contributed by atoms with Crippen LogP contribution >= 0.6 is 34.5 Å². The maximum absolute atomic E-state index is 6.08. The molecule has 1 aliphatic rings. The molecular weight excluding hydrogens is 323 g/mol. The molecule has 1 aromatic carbocycles. The molecule has 112 valence electrons. The molecule has 2 heterocycles. The first-order valence-electron chi connectivity index (χ1n) is 7.24. The standard InChI is InChI=1S/C16H18Cl2N2S/c1-10-16(12-4-6-19-7-5-12)21-15(20-10)9-11-2-3-13(17)14(18)8-11/h2-3,8,12,19H,4-7,9H2,1H3. The van der Waals surface area contributed by atoms with Gasteiger partial charge in [0.15, 0.2) is 0 Å². The highest BCUT2D eigenvalue weighted by molar-refractivity contribution is 7.11. The van der Waals surface area contributed by atoms with Crippen LogP contribution in [0.3, 0.4) is 0 Å². The van der Waals surface area contributed by atoms with Gasteiger partial charge in [0.1, 0.15) is 0 Å². The predicted octanol–water partition coefficient (Wildman–Crippen LogP) is 4.82. The second kappa shape index (κ2) is 6.66. The summed E-state index contributed by atoms with van der Waals surface area (Å²) in [7, 11) is 0. The lowest BCUT2D eigenvalue weighted by atomic mass is 9.96. The highest BCUT2D eigenvalue weighted by Crippen LogP contribution is 2.33. The molecule has 0 radical (unpaired) electrons. The van der Waals surface area contributed by atoms with Gasteiger partial charge in [0.25, 0.3) is 0 Å². The van der Waals surface area contributed by atoms with Gasteiger partial charge in [0, 0.05) is 11.3 Å². The topological polar surface area (TPSA) is 24.9 Å². The highest BCUT2D eigenvalue weighted by Gasteiger charge is 2.20. The summed E-state index contributed by atoms with van der Waals surface area (Å²) in [4.78, 5) is 6.22. The number of aryl methyl sites for hydroxylation is 1. The van der Waals surface area contributed by atoms with Gasteiger partial charge in [-0.3, -0.25) is 0 Å². The Balaban J connectivity index is 1.78. The number of thiazole rings is 1.